The average molecular weight is 404 g/mol. The Balaban J connectivity index is 1.40. The molecule has 3 N–H and O–H groups in total. The van der Waals surface area contributed by atoms with Crippen LogP contribution in [0.3, 0.4) is 0 Å². The first-order valence-electron chi connectivity index (χ1n) is 11.2. The van der Waals surface area contributed by atoms with Crippen LogP contribution in [-0.4, -0.2) is 66.2 Å². The SMILES string of the molecule is NC(=O)CC1CCN(Cc2cccc(OC[C@@H](O)CN3CCCCCC3)c2)CC1. The van der Waals surface area contributed by atoms with Crippen LogP contribution in [0.4, 0.5) is 0 Å². The van der Waals surface area contributed by atoms with Gasteiger partial charge >= 0.3 is 0 Å². The topological polar surface area (TPSA) is 79.0 Å². The molecule has 0 bridgehead atoms. The summed E-state index contributed by atoms with van der Waals surface area (Å²) in [4.78, 5) is 15.9. The van der Waals surface area contributed by atoms with Crippen LogP contribution in [-0.2, 0) is 11.3 Å². The number of ether oxygens (including phenoxy) is 1. The molecule has 6 heteroatoms. The quantitative estimate of drug-likeness (QED) is 0.662. The molecule has 0 radical (unpaired) electrons. The first kappa shape index (κ1) is 22.1. The number of hydrogen-bond acceptors (Lipinski definition) is 5. The summed E-state index contributed by atoms with van der Waals surface area (Å²) in [7, 11) is 0. The zero-order valence-corrected chi connectivity index (χ0v) is 17.6. The Morgan fingerprint density at radius 3 is 2.52 bits per heavy atom. The zero-order chi connectivity index (χ0) is 20.5. The molecule has 2 saturated heterocycles. The number of aliphatic hydroxyl groups is 1. The van der Waals surface area contributed by atoms with Crippen molar-refractivity contribution in [2.75, 3.05) is 39.3 Å². The Hall–Kier alpha value is -1.63. The van der Waals surface area contributed by atoms with E-state index in [1.165, 1.54) is 31.2 Å². The van der Waals surface area contributed by atoms with Crippen molar-refractivity contribution in [1.82, 2.24) is 9.80 Å². The molecule has 2 aliphatic heterocycles. The summed E-state index contributed by atoms with van der Waals surface area (Å²) in [5.74, 6) is 1.07. The van der Waals surface area contributed by atoms with Crippen LogP contribution >= 0.6 is 0 Å². The van der Waals surface area contributed by atoms with Crippen LogP contribution in [0.25, 0.3) is 0 Å². The van der Waals surface area contributed by atoms with Gasteiger partial charge < -0.3 is 20.5 Å². The summed E-state index contributed by atoms with van der Waals surface area (Å²) in [6, 6.07) is 8.18. The van der Waals surface area contributed by atoms with Crippen molar-refractivity contribution < 1.29 is 14.6 Å². The van der Waals surface area contributed by atoms with Crippen molar-refractivity contribution in [3.63, 3.8) is 0 Å². The highest BCUT2D eigenvalue weighted by Gasteiger charge is 2.21. The van der Waals surface area contributed by atoms with Gasteiger partial charge in [-0.2, -0.15) is 0 Å². The molecular formula is C23H37N3O3. The van der Waals surface area contributed by atoms with Crippen LogP contribution in [0, 0.1) is 5.92 Å². The van der Waals surface area contributed by atoms with E-state index < -0.39 is 6.10 Å². The Bertz CT molecular complexity index is 624. The van der Waals surface area contributed by atoms with Crippen molar-refractivity contribution >= 4 is 5.91 Å². The summed E-state index contributed by atoms with van der Waals surface area (Å²) >= 11 is 0. The van der Waals surface area contributed by atoms with Gasteiger partial charge in [-0.1, -0.05) is 25.0 Å². The smallest absolute Gasteiger partial charge is 0.217 e. The van der Waals surface area contributed by atoms with Gasteiger partial charge in [0.1, 0.15) is 18.5 Å². The molecule has 3 rings (SSSR count). The lowest BCUT2D eigenvalue weighted by molar-refractivity contribution is -0.119. The maximum Gasteiger partial charge on any atom is 0.217 e. The Morgan fingerprint density at radius 1 is 1.10 bits per heavy atom. The third-order valence-electron chi connectivity index (χ3n) is 6.11. The number of rotatable bonds is 9. The molecule has 0 aliphatic carbocycles. The number of piperidine rings is 1. The summed E-state index contributed by atoms with van der Waals surface area (Å²) < 4.78 is 5.88. The summed E-state index contributed by atoms with van der Waals surface area (Å²) in [6.07, 6.45) is 7.18. The number of primary amides is 1. The maximum absolute atomic E-state index is 11.1. The number of nitrogens with zero attached hydrogens (tertiary/aromatic N) is 2. The lowest BCUT2D eigenvalue weighted by Crippen LogP contribution is -2.36. The van der Waals surface area contributed by atoms with E-state index in [4.69, 9.17) is 10.5 Å². The second-order valence-corrected chi connectivity index (χ2v) is 8.72. The third-order valence-corrected chi connectivity index (χ3v) is 6.11. The van der Waals surface area contributed by atoms with Crippen LogP contribution in [0.1, 0.15) is 50.5 Å². The molecule has 1 aromatic rings. The lowest BCUT2D eigenvalue weighted by atomic mass is 9.93. The van der Waals surface area contributed by atoms with E-state index in [0.29, 0.717) is 25.5 Å². The molecule has 2 fully saturated rings. The van der Waals surface area contributed by atoms with Gasteiger partial charge in [0.25, 0.3) is 0 Å². The van der Waals surface area contributed by atoms with E-state index in [-0.39, 0.29) is 5.91 Å². The summed E-state index contributed by atoms with van der Waals surface area (Å²) in [6.45, 7) is 6.08. The lowest BCUT2D eigenvalue weighted by Gasteiger charge is -2.31. The number of carbonyl (C=O) groups is 1. The monoisotopic (exact) mass is 403 g/mol. The number of hydrogen-bond donors (Lipinski definition) is 2. The number of nitrogens with two attached hydrogens (primary N) is 1. The minimum atomic E-state index is -0.457. The van der Waals surface area contributed by atoms with E-state index in [1.807, 2.05) is 12.1 Å². The highest BCUT2D eigenvalue weighted by molar-refractivity contribution is 5.73. The molecule has 0 spiro atoms. The highest BCUT2D eigenvalue weighted by Crippen LogP contribution is 2.23. The first-order chi connectivity index (χ1) is 14.1. The minimum absolute atomic E-state index is 0.189. The van der Waals surface area contributed by atoms with E-state index in [1.54, 1.807) is 0 Å². The Labute approximate surface area is 175 Å². The number of benzene rings is 1. The van der Waals surface area contributed by atoms with Gasteiger partial charge in [-0.05, 0) is 75.5 Å². The fourth-order valence-corrected chi connectivity index (χ4v) is 4.49. The van der Waals surface area contributed by atoms with Gasteiger partial charge in [-0.15, -0.1) is 0 Å². The average Bonchev–Trinajstić information content (AvgIpc) is 2.96. The predicted molar refractivity (Wildman–Crippen MR) is 115 cm³/mol. The van der Waals surface area contributed by atoms with Crippen LogP contribution in [0.5, 0.6) is 5.75 Å². The Morgan fingerprint density at radius 2 is 1.83 bits per heavy atom. The molecular weight excluding hydrogens is 366 g/mol. The maximum atomic E-state index is 11.1. The molecule has 0 aromatic heterocycles. The van der Waals surface area contributed by atoms with E-state index in [0.717, 1.165) is 51.3 Å². The molecule has 1 amide bonds. The van der Waals surface area contributed by atoms with Gasteiger partial charge in [0, 0.05) is 19.5 Å². The number of likely N-dealkylation sites (tertiary alicyclic amines) is 2. The minimum Gasteiger partial charge on any atom is -0.491 e. The van der Waals surface area contributed by atoms with E-state index in [2.05, 4.69) is 21.9 Å². The number of β-amino-alcohol motifs (C(OH)–C–C–N with tert-alkyl or cyclic N) is 1. The van der Waals surface area contributed by atoms with E-state index in [9.17, 15) is 9.90 Å². The summed E-state index contributed by atoms with van der Waals surface area (Å²) in [5.41, 5.74) is 6.54. The van der Waals surface area contributed by atoms with Crippen molar-refractivity contribution in [3.8, 4) is 5.75 Å². The van der Waals surface area contributed by atoms with Gasteiger partial charge in [-0.25, -0.2) is 0 Å². The highest BCUT2D eigenvalue weighted by atomic mass is 16.5. The van der Waals surface area contributed by atoms with Crippen LogP contribution in [0.15, 0.2) is 24.3 Å². The molecule has 162 valence electrons. The number of carbonyl (C=O) groups excluding carboxylic acids is 1. The van der Waals surface area contributed by atoms with Gasteiger partial charge in [0.2, 0.25) is 5.91 Å². The second-order valence-electron chi connectivity index (χ2n) is 8.72. The van der Waals surface area contributed by atoms with Crippen LogP contribution < -0.4 is 10.5 Å². The second kappa shape index (κ2) is 11.5. The molecule has 1 aromatic carbocycles. The molecule has 29 heavy (non-hydrogen) atoms. The van der Waals surface area contributed by atoms with Crippen molar-refractivity contribution in [1.29, 1.82) is 0 Å². The summed E-state index contributed by atoms with van der Waals surface area (Å²) in [5, 5.41) is 10.4. The third kappa shape index (κ3) is 7.96. The first-order valence-corrected chi connectivity index (χ1v) is 11.2. The van der Waals surface area contributed by atoms with Crippen molar-refractivity contribution in [3.05, 3.63) is 29.8 Å². The molecule has 6 nitrogen and oxygen atoms in total. The van der Waals surface area contributed by atoms with Crippen LogP contribution in [0.2, 0.25) is 0 Å². The molecule has 0 unspecified atom stereocenters. The van der Waals surface area contributed by atoms with Crippen molar-refractivity contribution in [2.24, 2.45) is 11.7 Å². The predicted octanol–water partition coefficient (Wildman–Crippen LogP) is 2.39. The molecule has 1 atom stereocenters. The zero-order valence-electron chi connectivity index (χ0n) is 17.6. The number of amides is 1. The molecule has 0 saturated carbocycles. The van der Waals surface area contributed by atoms with Gasteiger partial charge in [0.05, 0.1) is 0 Å². The molecule has 2 aliphatic rings. The fraction of sp³-hybridized carbons (Fsp3) is 0.696. The van der Waals surface area contributed by atoms with Gasteiger partial charge in [-0.3, -0.25) is 9.69 Å². The number of aliphatic hydroxyl groups excluding tert-OH is 1. The Kier molecular flexibility index (Phi) is 8.77. The van der Waals surface area contributed by atoms with Gasteiger partial charge in [0.15, 0.2) is 0 Å². The van der Waals surface area contributed by atoms with E-state index >= 15 is 0 Å². The molecule has 2 heterocycles. The van der Waals surface area contributed by atoms with Crippen molar-refractivity contribution in [2.45, 2.75) is 57.6 Å². The normalized spacial score (nSPS) is 20.9. The fourth-order valence-electron chi connectivity index (χ4n) is 4.49. The standard InChI is InChI=1S/C23H37N3O3/c24-23(28)15-19-8-12-26(13-9-19)16-20-6-5-7-22(14-20)29-18-21(27)17-25-10-3-1-2-4-11-25/h5-7,14,19,21,27H,1-4,8-13,15-18H2,(H2,24,28)/t21-/m0/s1. The largest absolute Gasteiger partial charge is 0.491 e.